The number of aromatic nitrogens is 1. The molecule has 2 aromatic carbocycles. The Kier molecular flexibility index (Phi) is 5.16. The van der Waals surface area contributed by atoms with Crippen LogP contribution in [-0.2, 0) is 0 Å². The molecule has 0 saturated carbocycles. The van der Waals surface area contributed by atoms with E-state index in [1.165, 1.54) is 30.5 Å². The molecule has 0 aliphatic carbocycles. The van der Waals surface area contributed by atoms with Crippen LogP contribution in [-0.4, -0.2) is 10.9 Å². The van der Waals surface area contributed by atoms with Crippen LogP contribution in [0.1, 0.15) is 10.5 Å². The summed E-state index contributed by atoms with van der Waals surface area (Å²) in [7, 11) is 0. The molecule has 25 heavy (non-hydrogen) atoms. The second kappa shape index (κ2) is 7.51. The molecule has 4 nitrogen and oxygen atoms in total. The van der Waals surface area contributed by atoms with Crippen LogP contribution in [0, 0.1) is 5.82 Å². The summed E-state index contributed by atoms with van der Waals surface area (Å²) >= 11 is 12.0. The minimum absolute atomic E-state index is 0.233. The Morgan fingerprint density at radius 3 is 2.32 bits per heavy atom. The van der Waals surface area contributed by atoms with Gasteiger partial charge in [-0.3, -0.25) is 4.79 Å². The minimum Gasteiger partial charge on any atom is -0.353 e. The summed E-state index contributed by atoms with van der Waals surface area (Å²) in [5, 5.41) is 6.76. The molecule has 1 aromatic heterocycles. The summed E-state index contributed by atoms with van der Waals surface area (Å²) in [5.41, 5.74) is 2.07. The van der Waals surface area contributed by atoms with Gasteiger partial charge < -0.3 is 10.6 Å². The molecule has 0 saturated heterocycles. The maximum absolute atomic E-state index is 12.9. The predicted molar refractivity (Wildman–Crippen MR) is 98.3 cm³/mol. The van der Waals surface area contributed by atoms with E-state index in [0.717, 1.165) is 0 Å². The first-order chi connectivity index (χ1) is 12.0. The Labute approximate surface area is 153 Å². The van der Waals surface area contributed by atoms with Gasteiger partial charge in [0.25, 0.3) is 5.91 Å². The van der Waals surface area contributed by atoms with Crippen LogP contribution in [0.25, 0.3) is 0 Å². The van der Waals surface area contributed by atoms with Crippen molar-refractivity contribution in [3.05, 3.63) is 82.4 Å². The van der Waals surface area contributed by atoms with E-state index in [-0.39, 0.29) is 17.4 Å². The number of halogens is 3. The summed E-state index contributed by atoms with van der Waals surface area (Å²) < 4.78 is 12.9. The summed E-state index contributed by atoms with van der Waals surface area (Å²) in [6.07, 6.45) is 1.52. The monoisotopic (exact) mass is 375 g/mol. The van der Waals surface area contributed by atoms with Crippen LogP contribution in [0.2, 0.25) is 10.0 Å². The van der Waals surface area contributed by atoms with E-state index in [2.05, 4.69) is 15.6 Å². The van der Waals surface area contributed by atoms with E-state index in [1.807, 2.05) is 0 Å². The van der Waals surface area contributed by atoms with Crippen molar-refractivity contribution in [1.29, 1.82) is 0 Å². The molecule has 7 heteroatoms. The lowest BCUT2D eigenvalue weighted by atomic mass is 10.2. The van der Waals surface area contributed by atoms with Crippen molar-refractivity contribution in [2.24, 2.45) is 0 Å². The Morgan fingerprint density at radius 2 is 1.68 bits per heavy atom. The van der Waals surface area contributed by atoms with Gasteiger partial charge in [-0.25, -0.2) is 9.37 Å². The number of anilines is 3. The first-order valence-corrected chi connectivity index (χ1v) is 8.02. The first kappa shape index (κ1) is 17.2. The molecule has 126 valence electrons. The highest BCUT2D eigenvalue weighted by Crippen LogP contribution is 2.28. The second-order valence-corrected chi connectivity index (χ2v) is 5.99. The lowest BCUT2D eigenvalue weighted by molar-refractivity contribution is 0.102. The van der Waals surface area contributed by atoms with Gasteiger partial charge in [-0.1, -0.05) is 23.2 Å². The van der Waals surface area contributed by atoms with Crippen molar-refractivity contribution in [2.45, 2.75) is 0 Å². The third kappa shape index (κ3) is 4.47. The van der Waals surface area contributed by atoms with Crippen molar-refractivity contribution in [3.63, 3.8) is 0 Å². The number of nitrogens with zero attached hydrogens (tertiary/aromatic N) is 1. The zero-order chi connectivity index (χ0) is 17.8. The van der Waals surface area contributed by atoms with Crippen molar-refractivity contribution < 1.29 is 9.18 Å². The molecule has 0 radical (unpaired) electrons. The SMILES string of the molecule is O=C(Nc1ccc(F)cc1)c1ccc(Nc2ccc(Cl)cc2Cl)cn1. The van der Waals surface area contributed by atoms with Crippen molar-refractivity contribution in [2.75, 3.05) is 10.6 Å². The molecule has 0 spiro atoms. The number of pyridine rings is 1. The molecule has 1 heterocycles. The molecule has 0 fully saturated rings. The van der Waals surface area contributed by atoms with Gasteiger partial charge in [0, 0.05) is 10.7 Å². The molecular formula is C18H12Cl2FN3O. The largest absolute Gasteiger partial charge is 0.353 e. The Morgan fingerprint density at radius 1 is 0.960 bits per heavy atom. The number of nitrogens with one attached hydrogen (secondary N) is 2. The third-order valence-electron chi connectivity index (χ3n) is 3.31. The Hall–Kier alpha value is -2.63. The zero-order valence-electron chi connectivity index (χ0n) is 12.8. The molecule has 3 aromatic rings. The van der Waals surface area contributed by atoms with Gasteiger partial charge in [0.05, 0.1) is 22.6 Å². The molecule has 0 unspecified atom stereocenters. The molecule has 1 amide bonds. The predicted octanol–water partition coefficient (Wildman–Crippen LogP) is 5.52. The van der Waals surface area contributed by atoms with Crippen molar-refractivity contribution >= 4 is 46.2 Å². The van der Waals surface area contributed by atoms with E-state index in [9.17, 15) is 9.18 Å². The lowest BCUT2D eigenvalue weighted by Gasteiger charge is -2.09. The van der Waals surface area contributed by atoms with Gasteiger partial charge in [-0.2, -0.15) is 0 Å². The molecule has 2 N–H and O–H groups in total. The van der Waals surface area contributed by atoms with Gasteiger partial charge >= 0.3 is 0 Å². The topological polar surface area (TPSA) is 54.0 Å². The first-order valence-electron chi connectivity index (χ1n) is 7.26. The van der Waals surface area contributed by atoms with Crippen LogP contribution >= 0.6 is 23.2 Å². The van der Waals surface area contributed by atoms with E-state index >= 15 is 0 Å². The molecule has 0 aliphatic heterocycles. The third-order valence-corrected chi connectivity index (χ3v) is 3.86. The Bertz CT molecular complexity index is 899. The number of hydrogen-bond acceptors (Lipinski definition) is 3. The fourth-order valence-electron chi connectivity index (χ4n) is 2.08. The quantitative estimate of drug-likeness (QED) is 0.630. The Balaban J connectivity index is 1.69. The highest BCUT2D eigenvalue weighted by molar-refractivity contribution is 6.36. The number of carbonyl (C=O) groups excluding carboxylic acids is 1. The van der Waals surface area contributed by atoms with Gasteiger partial charge in [-0.15, -0.1) is 0 Å². The molecule has 0 aliphatic rings. The van der Waals surface area contributed by atoms with Gasteiger partial charge in [0.2, 0.25) is 0 Å². The highest BCUT2D eigenvalue weighted by Gasteiger charge is 2.08. The second-order valence-electron chi connectivity index (χ2n) is 5.14. The van der Waals surface area contributed by atoms with Crippen LogP contribution in [0.5, 0.6) is 0 Å². The number of rotatable bonds is 4. The maximum Gasteiger partial charge on any atom is 0.274 e. The smallest absolute Gasteiger partial charge is 0.274 e. The van der Waals surface area contributed by atoms with E-state index < -0.39 is 0 Å². The fourth-order valence-corrected chi connectivity index (χ4v) is 2.53. The standard InChI is InChI=1S/C18H12Cl2FN3O/c19-11-1-7-16(15(20)9-11)23-14-6-8-17(22-10-14)18(25)24-13-4-2-12(21)3-5-13/h1-10,23H,(H,24,25). The number of benzene rings is 2. The number of amides is 1. The van der Waals surface area contributed by atoms with Gasteiger partial charge in [0.15, 0.2) is 0 Å². The number of carbonyl (C=O) groups is 1. The molecule has 0 atom stereocenters. The summed E-state index contributed by atoms with van der Waals surface area (Å²) in [6.45, 7) is 0. The molecule has 0 bridgehead atoms. The zero-order valence-corrected chi connectivity index (χ0v) is 14.3. The highest BCUT2D eigenvalue weighted by atomic mass is 35.5. The molecular weight excluding hydrogens is 364 g/mol. The summed E-state index contributed by atoms with van der Waals surface area (Å²) in [4.78, 5) is 16.3. The maximum atomic E-state index is 12.9. The van der Waals surface area contributed by atoms with E-state index in [1.54, 1.807) is 30.3 Å². The van der Waals surface area contributed by atoms with Crippen LogP contribution in [0.3, 0.4) is 0 Å². The van der Waals surface area contributed by atoms with Gasteiger partial charge in [0.1, 0.15) is 11.5 Å². The normalized spacial score (nSPS) is 10.4. The average Bonchev–Trinajstić information content (AvgIpc) is 2.60. The van der Waals surface area contributed by atoms with Crippen LogP contribution in [0.4, 0.5) is 21.5 Å². The van der Waals surface area contributed by atoms with Crippen molar-refractivity contribution in [1.82, 2.24) is 4.98 Å². The van der Waals surface area contributed by atoms with Crippen molar-refractivity contribution in [3.8, 4) is 0 Å². The van der Waals surface area contributed by atoms with Crippen LogP contribution in [0.15, 0.2) is 60.8 Å². The molecule has 3 rings (SSSR count). The average molecular weight is 376 g/mol. The lowest BCUT2D eigenvalue weighted by Crippen LogP contribution is -2.13. The fraction of sp³-hybridized carbons (Fsp3) is 0. The van der Waals surface area contributed by atoms with E-state index in [0.29, 0.717) is 27.1 Å². The number of hydrogen-bond donors (Lipinski definition) is 2. The van der Waals surface area contributed by atoms with E-state index in [4.69, 9.17) is 23.2 Å². The summed E-state index contributed by atoms with van der Waals surface area (Å²) in [6, 6.07) is 13.9. The summed E-state index contributed by atoms with van der Waals surface area (Å²) in [5.74, 6) is -0.755. The van der Waals surface area contributed by atoms with Gasteiger partial charge in [-0.05, 0) is 54.6 Å². The minimum atomic E-state index is -0.386. The van der Waals surface area contributed by atoms with Crippen LogP contribution < -0.4 is 10.6 Å².